The second-order valence-corrected chi connectivity index (χ2v) is 5.25. The number of fused-ring (bicyclic) bond motifs is 5. The van der Waals surface area contributed by atoms with E-state index in [1.165, 1.54) is 0 Å². The van der Waals surface area contributed by atoms with E-state index in [1.807, 2.05) is 24.3 Å². The number of aliphatic imine (C=N–C) groups is 1. The summed E-state index contributed by atoms with van der Waals surface area (Å²) in [7, 11) is 0. The molecule has 0 saturated carbocycles. The Balaban J connectivity index is 1.93. The molecule has 24 heavy (non-hydrogen) atoms. The van der Waals surface area contributed by atoms with E-state index in [-0.39, 0.29) is 18.1 Å². The molecular formula is C17H14N4O3. The van der Waals surface area contributed by atoms with Gasteiger partial charge in [-0.15, -0.1) is 0 Å². The lowest BCUT2D eigenvalue weighted by Crippen LogP contribution is -2.42. The van der Waals surface area contributed by atoms with Gasteiger partial charge in [-0.1, -0.05) is 12.1 Å². The summed E-state index contributed by atoms with van der Waals surface area (Å²) in [6, 6.07) is 12.3. The highest BCUT2D eigenvalue weighted by Gasteiger charge is 2.36. The normalized spacial score (nSPS) is 14.5. The number of phenols is 1. The van der Waals surface area contributed by atoms with Gasteiger partial charge in [0.15, 0.2) is 11.5 Å². The summed E-state index contributed by atoms with van der Waals surface area (Å²) < 4.78 is 5.10. The molecule has 0 amide bonds. The predicted molar refractivity (Wildman–Crippen MR) is 91.5 cm³/mol. The number of ether oxygens (including phenoxy) is 1. The van der Waals surface area contributed by atoms with Crippen molar-refractivity contribution in [3.05, 3.63) is 42.5 Å². The molecule has 2 aromatic carbocycles. The third kappa shape index (κ3) is 2.10. The van der Waals surface area contributed by atoms with Crippen LogP contribution in [0.25, 0.3) is 0 Å². The molecular weight excluding hydrogens is 308 g/mol. The minimum absolute atomic E-state index is 0.120. The highest BCUT2D eigenvalue weighted by atomic mass is 16.5. The molecule has 7 heteroatoms. The highest BCUT2D eigenvalue weighted by Crippen LogP contribution is 2.43. The van der Waals surface area contributed by atoms with E-state index in [0.717, 1.165) is 11.4 Å². The summed E-state index contributed by atoms with van der Waals surface area (Å²) in [5.74, 6) is -0.0825. The lowest BCUT2D eigenvalue weighted by molar-refractivity contribution is -0.134. The Hall–Kier alpha value is -3.35. The van der Waals surface area contributed by atoms with Crippen molar-refractivity contribution in [3.63, 3.8) is 0 Å². The van der Waals surface area contributed by atoms with Gasteiger partial charge in [0.25, 0.3) is 0 Å². The maximum atomic E-state index is 12.3. The number of nitrogens with zero attached hydrogens (tertiary/aromatic N) is 3. The van der Waals surface area contributed by atoms with Crippen molar-refractivity contribution in [1.29, 1.82) is 0 Å². The third-order valence-electron chi connectivity index (χ3n) is 3.75. The first kappa shape index (κ1) is 14.3. The number of phenolic OH excluding ortho intramolecular Hbond substituents is 1. The fourth-order valence-electron chi connectivity index (χ4n) is 2.73. The number of hydrogen-bond donors (Lipinski definition) is 2. The van der Waals surface area contributed by atoms with Crippen LogP contribution in [-0.4, -0.2) is 29.2 Å². The average Bonchev–Trinajstić information content (AvgIpc) is 2.60. The van der Waals surface area contributed by atoms with Crippen LogP contribution in [0.4, 0.5) is 22.7 Å². The minimum atomic E-state index is -0.541. The van der Waals surface area contributed by atoms with Crippen LogP contribution < -0.4 is 10.3 Å². The largest absolute Gasteiger partial charge is 0.508 e. The second-order valence-electron chi connectivity index (χ2n) is 5.25. The number of carbonyl (C=O) groups is 1. The van der Waals surface area contributed by atoms with E-state index in [9.17, 15) is 9.90 Å². The number of rotatable bonds is 2. The Bertz CT molecular complexity index is 904. The number of aromatic hydroxyl groups is 1. The van der Waals surface area contributed by atoms with Crippen LogP contribution >= 0.6 is 0 Å². The van der Waals surface area contributed by atoms with E-state index in [0.29, 0.717) is 17.2 Å². The molecule has 2 heterocycles. The number of benzene rings is 2. The molecule has 0 spiro atoms. The molecule has 0 radical (unpaired) electrons. The van der Waals surface area contributed by atoms with E-state index in [2.05, 4.69) is 15.5 Å². The molecule has 0 aromatic heterocycles. The number of nitrogens with one attached hydrogen (secondary N) is 1. The zero-order chi connectivity index (χ0) is 16.7. The third-order valence-corrected chi connectivity index (χ3v) is 3.75. The maximum absolute atomic E-state index is 12.3. The standard InChI is InChI=1S/C17H14N4O3/c1-2-24-17(23)15-16-20-19-12-8-7-10(22)9-14(12)21(16)13-6-4-3-5-11(13)18-15/h3-9,19,22H,2H2,1H3. The van der Waals surface area contributed by atoms with Crippen LogP contribution in [-0.2, 0) is 9.53 Å². The van der Waals surface area contributed by atoms with Gasteiger partial charge >= 0.3 is 5.97 Å². The molecule has 7 nitrogen and oxygen atoms in total. The van der Waals surface area contributed by atoms with Gasteiger partial charge in [-0.25, -0.2) is 9.79 Å². The summed E-state index contributed by atoms with van der Waals surface area (Å²) >= 11 is 0. The zero-order valence-electron chi connectivity index (χ0n) is 12.9. The number of carbonyl (C=O) groups excluding carboxylic acids is 1. The molecule has 0 unspecified atom stereocenters. The maximum Gasteiger partial charge on any atom is 0.360 e. The smallest absolute Gasteiger partial charge is 0.360 e. The molecule has 2 aliphatic heterocycles. The first-order valence-corrected chi connectivity index (χ1v) is 7.51. The van der Waals surface area contributed by atoms with E-state index < -0.39 is 5.97 Å². The Kier molecular flexibility index (Phi) is 3.19. The summed E-state index contributed by atoms with van der Waals surface area (Å²) in [5, 5.41) is 14.2. The number of anilines is 3. The van der Waals surface area contributed by atoms with Crippen LogP contribution in [0.15, 0.2) is 52.6 Å². The molecule has 2 aliphatic rings. The monoisotopic (exact) mass is 322 g/mol. The highest BCUT2D eigenvalue weighted by molar-refractivity contribution is 6.69. The molecule has 0 atom stereocenters. The summed E-state index contributed by atoms with van der Waals surface area (Å²) in [5.41, 5.74) is 5.83. The average molecular weight is 322 g/mol. The lowest BCUT2D eigenvalue weighted by Gasteiger charge is -2.34. The van der Waals surface area contributed by atoms with Crippen molar-refractivity contribution in [2.75, 3.05) is 16.9 Å². The van der Waals surface area contributed by atoms with Gasteiger partial charge in [0.1, 0.15) is 5.75 Å². The van der Waals surface area contributed by atoms with Gasteiger partial charge in [0.05, 0.1) is 29.4 Å². The van der Waals surface area contributed by atoms with Crippen LogP contribution in [0.2, 0.25) is 0 Å². The number of hydrazone groups is 1. The van der Waals surface area contributed by atoms with Crippen LogP contribution in [0.5, 0.6) is 5.75 Å². The minimum Gasteiger partial charge on any atom is -0.508 e. The molecule has 2 aromatic rings. The number of para-hydroxylation sites is 2. The first-order valence-electron chi connectivity index (χ1n) is 7.51. The summed E-state index contributed by atoms with van der Waals surface area (Å²) in [6.45, 7) is 1.98. The lowest BCUT2D eigenvalue weighted by atomic mass is 10.1. The van der Waals surface area contributed by atoms with E-state index >= 15 is 0 Å². The molecule has 0 saturated heterocycles. The Labute approximate surface area is 137 Å². The number of amidine groups is 1. The molecule has 0 fully saturated rings. The van der Waals surface area contributed by atoms with Gasteiger partial charge in [0.2, 0.25) is 0 Å². The zero-order valence-corrected chi connectivity index (χ0v) is 12.9. The Morgan fingerprint density at radius 3 is 2.92 bits per heavy atom. The Morgan fingerprint density at radius 2 is 2.08 bits per heavy atom. The topological polar surface area (TPSA) is 86.5 Å². The van der Waals surface area contributed by atoms with Crippen LogP contribution in [0.3, 0.4) is 0 Å². The molecule has 0 bridgehead atoms. The van der Waals surface area contributed by atoms with Gasteiger partial charge < -0.3 is 9.84 Å². The van der Waals surface area contributed by atoms with Gasteiger partial charge in [-0.3, -0.25) is 10.3 Å². The van der Waals surface area contributed by atoms with Crippen molar-refractivity contribution in [2.45, 2.75) is 6.92 Å². The Morgan fingerprint density at radius 1 is 1.25 bits per heavy atom. The van der Waals surface area contributed by atoms with Crippen molar-refractivity contribution >= 4 is 40.3 Å². The van der Waals surface area contributed by atoms with Crippen molar-refractivity contribution in [1.82, 2.24) is 0 Å². The first-order chi connectivity index (χ1) is 11.7. The summed E-state index contributed by atoms with van der Waals surface area (Å²) in [4.78, 5) is 18.5. The van der Waals surface area contributed by atoms with Gasteiger partial charge in [-0.2, -0.15) is 5.10 Å². The number of hydrogen-bond acceptors (Lipinski definition) is 7. The van der Waals surface area contributed by atoms with E-state index in [4.69, 9.17) is 4.74 Å². The van der Waals surface area contributed by atoms with Crippen LogP contribution in [0, 0.1) is 0 Å². The van der Waals surface area contributed by atoms with Gasteiger partial charge in [0, 0.05) is 6.07 Å². The molecule has 120 valence electrons. The second kappa shape index (κ2) is 5.38. The molecule has 2 N–H and O–H groups in total. The molecule has 4 rings (SSSR count). The van der Waals surface area contributed by atoms with Crippen molar-refractivity contribution in [3.8, 4) is 5.75 Å². The fraction of sp³-hybridized carbons (Fsp3) is 0.118. The van der Waals surface area contributed by atoms with Crippen molar-refractivity contribution < 1.29 is 14.6 Å². The van der Waals surface area contributed by atoms with Gasteiger partial charge in [-0.05, 0) is 31.2 Å². The summed E-state index contributed by atoms with van der Waals surface area (Å²) in [6.07, 6.45) is 0. The quantitative estimate of drug-likeness (QED) is 0.656. The van der Waals surface area contributed by atoms with Crippen LogP contribution in [0.1, 0.15) is 6.92 Å². The SMILES string of the molecule is CCOC(=O)C1=Nc2ccccc2N2C1=NNc1ccc(O)cc12. The molecule has 0 aliphatic carbocycles. The predicted octanol–water partition coefficient (Wildman–Crippen LogP) is 2.92. The van der Waals surface area contributed by atoms with Crippen molar-refractivity contribution in [2.24, 2.45) is 10.1 Å². The fourth-order valence-corrected chi connectivity index (χ4v) is 2.73. The van der Waals surface area contributed by atoms with E-state index in [1.54, 1.807) is 30.0 Å². The number of esters is 1.